The molecule has 2 aliphatic rings. The van der Waals surface area contributed by atoms with Gasteiger partial charge in [-0.2, -0.15) is 0 Å². The molecule has 0 spiro atoms. The Bertz CT molecular complexity index is 252. The van der Waals surface area contributed by atoms with E-state index in [0.29, 0.717) is 0 Å². The molecule has 100 valence electrons. The van der Waals surface area contributed by atoms with Gasteiger partial charge in [0.15, 0.2) is 5.96 Å². The minimum atomic E-state index is 0. The van der Waals surface area contributed by atoms with E-state index in [-0.39, 0.29) is 29.6 Å². The molecule has 17 heavy (non-hydrogen) atoms. The lowest BCUT2D eigenvalue weighted by Gasteiger charge is -2.36. The van der Waals surface area contributed by atoms with Gasteiger partial charge in [0.2, 0.25) is 0 Å². The van der Waals surface area contributed by atoms with Gasteiger partial charge in [-0.3, -0.25) is 4.99 Å². The highest BCUT2D eigenvalue weighted by Gasteiger charge is 2.31. The Morgan fingerprint density at radius 2 is 2.06 bits per heavy atom. The third-order valence-corrected chi connectivity index (χ3v) is 3.67. The fourth-order valence-corrected chi connectivity index (χ4v) is 2.55. The van der Waals surface area contributed by atoms with E-state index in [2.05, 4.69) is 15.6 Å². The number of methoxy groups -OCH3 is 1. The van der Waals surface area contributed by atoms with Crippen LogP contribution in [0.25, 0.3) is 0 Å². The molecule has 4 nitrogen and oxygen atoms in total. The summed E-state index contributed by atoms with van der Waals surface area (Å²) in [7, 11) is 1.84. The van der Waals surface area contributed by atoms with E-state index < -0.39 is 0 Å². The number of hydrogen-bond acceptors (Lipinski definition) is 4. The minimum absolute atomic E-state index is 0. The Hall–Kier alpha value is -0.0400. The maximum atomic E-state index is 5.72. The van der Waals surface area contributed by atoms with Gasteiger partial charge in [0.05, 0.1) is 5.60 Å². The van der Waals surface area contributed by atoms with E-state index in [0.717, 1.165) is 32.0 Å². The van der Waals surface area contributed by atoms with Crippen LogP contribution in [0, 0.1) is 0 Å². The Kier molecular flexibility index (Phi) is 6.54. The van der Waals surface area contributed by atoms with Crippen molar-refractivity contribution < 1.29 is 4.74 Å². The largest absolute Gasteiger partial charge is 0.376 e. The summed E-state index contributed by atoms with van der Waals surface area (Å²) in [5, 5.41) is 6.68. The normalized spacial score (nSPS) is 23.0. The van der Waals surface area contributed by atoms with Crippen LogP contribution in [0.1, 0.15) is 38.5 Å². The molecule has 0 radical (unpaired) electrons. The summed E-state index contributed by atoms with van der Waals surface area (Å²) in [6, 6.07) is 0. The molecular formula is C12H24IN3O. The smallest absolute Gasteiger partial charge is 0.191 e. The highest BCUT2D eigenvalue weighted by atomic mass is 127. The molecule has 0 unspecified atom stereocenters. The zero-order valence-corrected chi connectivity index (χ0v) is 13.0. The Balaban J connectivity index is 0.00000144. The third-order valence-electron chi connectivity index (χ3n) is 3.67. The van der Waals surface area contributed by atoms with Gasteiger partial charge in [0.1, 0.15) is 0 Å². The molecule has 0 bridgehead atoms. The number of hydrogen-bond donors (Lipinski definition) is 2. The van der Waals surface area contributed by atoms with Gasteiger partial charge in [-0.25, -0.2) is 0 Å². The van der Waals surface area contributed by atoms with Crippen molar-refractivity contribution in [1.29, 1.82) is 0 Å². The van der Waals surface area contributed by atoms with Crippen LogP contribution in [0.4, 0.5) is 0 Å². The lowest BCUT2D eigenvalue weighted by Crippen LogP contribution is -2.50. The summed E-state index contributed by atoms with van der Waals surface area (Å²) < 4.78 is 5.72. The summed E-state index contributed by atoms with van der Waals surface area (Å²) >= 11 is 0. The van der Waals surface area contributed by atoms with Crippen molar-refractivity contribution >= 4 is 29.9 Å². The average Bonchev–Trinajstić information content (AvgIpc) is 2.39. The third kappa shape index (κ3) is 4.28. The topological polar surface area (TPSA) is 45.6 Å². The number of aliphatic imine (C=N–C) groups is 1. The first-order chi connectivity index (χ1) is 7.85. The Morgan fingerprint density at radius 1 is 1.29 bits per heavy atom. The van der Waals surface area contributed by atoms with Crippen LogP contribution in [0.2, 0.25) is 0 Å². The predicted molar refractivity (Wildman–Crippen MR) is 81.2 cm³/mol. The quantitative estimate of drug-likeness (QED) is 0.762. The molecule has 0 saturated heterocycles. The number of ether oxygens (including phenoxy) is 1. The van der Waals surface area contributed by atoms with Crippen molar-refractivity contribution in [3.63, 3.8) is 0 Å². The van der Waals surface area contributed by atoms with E-state index in [1.54, 1.807) is 0 Å². The van der Waals surface area contributed by atoms with E-state index >= 15 is 0 Å². The SMILES string of the molecule is COC1(CNC2=NCCCN2)CCCCC1.I. The van der Waals surface area contributed by atoms with Crippen molar-refractivity contribution in [2.75, 3.05) is 26.7 Å². The summed E-state index contributed by atoms with van der Waals surface area (Å²) in [5.41, 5.74) is 0.0416. The number of halogens is 1. The molecule has 1 heterocycles. The van der Waals surface area contributed by atoms with Crippen LogP contribution in [0.3, 0.4) is 0 Å². The monoisotopic (exact) mass is 353 g/mol. The van der Waals surface area contributed by atoms with Crippen LogP contribution in [0.5, 0.6) is 0 Å². The van der Waals surface area contributed by atoms with Gasteiger partial charge in [-0.05, 0) is 19.3 Å². The zero-order chi connectivity index (χ0) is 11.3. The molecule has 1 aliphatic heterocycles. The average molecular weight is 353 g/mol. The van der Waals surface area contributed by atoms with Gasteiger partial charge >= 0.3 is 0 Å². The molecule has 1 aliphatic carbocycles. The highest BCUT2D eigenvalue weighted by molar-refractivity contribution is 14.0. The zero-order valence-electron chi connectivity index (χ0n) is 10.6. The van der Waals surface area contributed by atoms with Crippen molar-refractivity contribution in [3.05, 3.63) is 0 Å². The van der Waals surface area contributed by atoms with Gasteiger partial charge in [-0.1, -0.05) is 19.3 Å². The number of rotatable bonds is 3. The number of guanidine groups is 1. The standard InChI is InChI=1S/C12H23N3O.HI/c1-16-12(6-3-2-4-7-12)10-15-11-13-8-5-9-14-11;/h2-10H2,1H3,(H2,13,14,15);1H. The fourth-order valence-electron chi connectivity index (χ4n) is 2.55. The molecule has 0 aromatic rings. The van der Waals surface area contributed by atoms with E-state index in [1.165, 1.54) is 32.1 Å². The Morgan fingerprint density at radius 3 is 2.65 bits per heavy atom. The maximum absolute atomic E-state index is 5.72. The highest BCUT2D eigenvalue weighted by Crippen LogP contribution is 2.30. The molecule has 0 atom stereocenters. The first-order valence-electron chi connectivity index (χ1n) is 6.42. The second-order valence-corrected chi connectivity index (χ2v) is 4.81. The van der Waals surface area contributed by atoms with E-state index in [1.807, 2.05) is 7.11 Å². The summed E-state index contributed by atoms with van der Waals surface area (Å²) in [6.07, 6.45) is 7.41. The predicted octanol–water partition coefficient (Wildman–Crippen LogP) is 1.89. The molecule has 1 fully saturated rings. The molecule has 0 aromatic carbocycles. The van der Waals surface area contributed by atoms with Crippen molar-refractivity contribution in [2.45, 2.75) is 44.1 Å². The fraction of sp³-hybridized carbons (Fsp3) is 0.917. The van der Waals surface area contributed by atoms with Gasteiger partial charge < -0.3 is 15.4 Å². The van der Waals surface area contributed by atoms with Crippen LogP contribution in [-0.2, 0) is 4.74 Å². The summed E-state index contributed by atoms with van der Waals surface area (Å²) in [5.74, 6) is 0.952. The van der Waals surface area contributed by atoms with Crippen molar-refractivity contribution in [3.8, 4) is 0 Å². The number of nitrogens with one attached hydrogen (secondary N) is 2. The van der Waals surface area contributed by atoms with Crippen molar-refractivity contribution in [2.24, 2.45) is 4.99 Å². The molecule has 0 aromatic heterocycles. The van der Waals surface area contributed by atoms with Crippen LogP contribution >= 0.6 is 24.0 Å². The van der Waals surface area contributed by atoms with Gasteiger partial charge in [0, 0.05) is 26.7 Å². The molecule has 1 saturated carbocycles. The lowest BCUT2D eigenvalue weighted by molar-refractivity contribution is -0.0346. The summed E-state index contributed by atoms with van der Waals surface area (Å²) in [4.78, 5) is 4.42. The van der Waals surface area contributed by atoms with Crippen molar-refractivity contribution in [1.82, 2.24) is 10.6 Å². The second kappa shape index (κ2) is 7.41. The van der Waals surface area contributed by atoms with Gasteiger partial charge in [0.25, 0.3) is 0 Å². The van der Waals surface area contributed by atoms with Crippen LogP contribution < -0.4 is 10.6 Å². The molecule has 2 rings (SSSR count). The summed E-state index contributed by atoms with van der Waals surface area (Å²) in [6.45, 7) is 2.86. The lowest BCUT2D eigenvalue weighted by atomic mass is 9.84. The molecular weight excluding hydrogens is 329 g/mol. The second-order valence-electron chi connectivity index (χ2n) is 4.81. The number of nitrogens with zero attached hydrogens (tertiary/aromatic N) is 1. The molecule has 0 amide bonds. The Labute approximate surface area is 121 Å². The van der Waals surface area contributed by atoms with Gasteiger partial charge in [-0.15, -0.1) is 24.0 Å². The van der Waals surface area contributed by atoms with E-state index in [9.17, 15) is 0 Å². The first-order valence-corrected chi connectivity index (χ1v) is 6.42. The van der Waals surface area contributed by atoms with Crippen LogP contribution in [0.15, 0.2) is 4.99 Å². The maximum Gasteiger partial charge on any atom is 0.191 e. The minimum Gasteiger partial charge on any atom is -0.376 e. The molecule has 2 N–H and O–H groups in total. The first kappa shape index (κ1) is 15.0. The van der Waals surface area contributed by atoms with E-state index in [4.69, 9.17) is 4.74 Å². The molecule has 5 heteroatoms. The van der Waals surface area contributed by atoms with Crippen LogP contribution in [-0.4, -0.2) is 38.3 Å².